The summed E-state index contributed by atoms with van der Waals surface area (Å²) in [5.74, 6) is -0.747. The van der Waals surface area contributed by atoms with Gasteiger partial charge in [0, 0.05) is 21.1 Å². The molecule has 2 rings (SSSR count). The fourth-order valence-electron chi connectivity index (χ4n) is 3.03. The standard InChI is InChI=1S/C22H27BrIN3O4S/c1-4-12-25-22(29)16(2)26(14-17-6-5-7-18(23)13-17)21(28)15-27(32(3,30)31)20-10-8-19(24)9-11-20/h5-11,13,16H,4,12,14-15H2,1-3H3,(H,25,29). The van der Waals surface area contributed by atoms with Crippen LogP contribution >= 0.6 is 38.5 Å². The first-order chi connectivity index (χ1) is 15.0. The van der Waals surface area contributed by atoms with E-state index in [1.54, 1.807) is 31.2 Å². The molecule has 7 nitrogen and oxygen atoms in total. The zero-order valence-corrected chi connectivity index (χ0v) is 22.8. The Morgan fingerprint density at radius 1 is 1.16 bits per heavy atom. The van der Waals surface area contributed by atoms with Gasteiger partial charge in [-0.2, -0.15) is 0 Å². The fraction of sp³-hybridized carbons (Fsp3) is 0.364. The quantitative estimate of drug-likeness (QED) is 0.403. The molecule has 1 N–H and O–H groups in total. The lowest BCUT2D eigenvalue weighted by Crippen LogP contribution is -2.51. The largest absolute Gasteiger partial charge is 0.354 e. The van der Waals surface area contributed by atoms with E-state index in [0.29, 0.717) is 12.2 Å². The van der Waals surface area contributed by atoms with Gasteiger partial charge in [-0.15, -0.1) is 0 Å². The van der Waals surface area contributed by atoms with E-state index in [1.807, 2.05) is 31.2 Å². The van der Waals surface area contributed by atoms with Gasteiger partial charge in [-0.25, -0.2) is 8.42 Å². The first-order valence-corrected chi connectivity index (χ1v) is 13.8. The number of nitrogens with one attached hydrogen (secondary N) is 1. The van der Waals surface area contributed by atoms with Crippen molar-refractivity contribution in [1.82, 2.24) is 10.2 Å². The SMILES string of the molecule is CCCNC(=O)C(C)N(Cc1cccc(Br)c1)C(=O)CN(c1ccc(I)cc1)S(C)(=O)=O. The van der Waals surface area contributed by atoms with Gasteiger partial charge in [-0.05, 0) is 77.9 Å². The number of hydrogen-bond donors (Lipinski definition) is 1. The van der Waals surface area contributed by atoms with Crippen LogP contribution in [-0.2, 0) is 26.2 Å². The van der Waals surface area contributed by atoms with Gasteiger partial charge in [0.2, 0.25) is 21.8 Å². The third-order valence-corrected chi connectivity index (χ3v) is 7.11. The molecule has 0 aliphatic carbocycles. The Kier molecular flexibility index (Phi) is 9.96. The highest BCUT2D eigenvalue weighted by Gasteiger charge is 2.30. The molecule has 174 valence electrons. The van der Waals surface area contributed by atoms with Gasteiger partial charge in [0.15, 0.2) is 0 Å². The molecule has 1 atom stereocenters. The average molecular weight is 636 g/mol. The van der Waals surface area contributed by atoms with E-state index in [2.05, 4.69) is 43.8 Å². The van der Waals surface area contributed by atoms with Crippen molar-refractivity contribution in [1.29, 1.82) is 0 Å². The molecule has 2 amide bonds. The minimum Gasteiger partial charge on any atom is -0.354 e. The van der Waals surface area contributed by atoms with E-state index in [4.69, 9.17) is 0 Å². The van der Waals surface area contributed by atoms with E-state index < -0.39 is 28.5 Å². The van der Waals surface area contributed by atoms with Gasteiger partial charge in [0.1, 0.15) is 12.6 Å². The molecular formula is C22H27BrIN3O4S. The Morgan fingerprint density at radius 2 is 1.81 bits per heavy atom. The lowest BCUT2D eigenvalue weighted by molar-refractivity contribution is -0.139. The predicted octanol–water partition coefficient (Wildman–Crippen LogP) is 3.76. The Labute approximate surface area is 211 Å². The lowest BCUT2D eigenvalue weighted by atomic mass is 10.1. The summed E-state index contributed by atoms with van der Waals surface area (Å²) >= 11 is 5.55. The zero-order valence-electron chi connectivity index (χ0n) is 18.2. The van der Waals surface area contributed by atoms with Crippen LogP contribution in [0.15, 0.2) is 53.0 Å². The first kappa shape index (κ1) is 26.6. The molecule has 0 fully saturated rings. The van der Waals surface area contributed by atoms with Gasteiger partial charge < -0.3 is 10.2 Å². The third kappa shape index (κ3) is 7.73. The number of sulfonamides is 1. The summed E-state index contributed by atoms with van der Waals surface area (Å²) in [5, 5.41) is 2.81. The number of halogens is 2. The Hall–Kier alpha value is -1.66. The van der Waals surface area contributed by atoms with E-state index in [-0.39, 0.29) is 12.5 Å². The number of hydrogen-bond acceptors (Lipinski definition) is 4. The first-order valence-electron chi connectivity index (χ1n) is 10.1. The van der Waals surface area contributed by atoms with Gasteiger partial charge >= 0.3 is 0 Å². The van der Waals surface area contributed by atoms with Gasteiger partial charge in [-0.1, -0.05) is 35.0 Å². The van der Waals surface area contributed by atoms with Crippen molar-refractivity contribution in [2.24, 2.45) is 0 Å². The minimum atomic E-state index is -3.72. The van der Waals surface area contributed by atoms with Crippen LogP contribution in [0.5, 0.6) is 0 Å². The second-order valence-electron chi connectivity index (χ2n) is 7.36. The molecule has 0 spiro atoms. The van der Waals surface area contributed by atoms with Crippen LogP contribution in [-0.4, -0.2) is 50.5 Å². The number of anilines is 1. The van der Waals surface area contributed by atoms with Crippen LogP contribution in [0.4, 0.5) is 5.69 Å². The van der Waals surface area contributed by atoms with Crippen molar-refractivity contribution in [3.8, 4) is 0 Å². The number of benzene rings is 2. The molecule has 0 aliphatic rings. The highest BCUT2D eigenvalue weighted by Crippen LogP contribution is 2.21. The molecule has 0 saturated heterocycles. The Morgan fingerprint density at radius 3 is 2.38 bits per heavy atom. The van der Waals surface area contributed by atoms with Crippen molar-refractivity contribution < 1.29 is 18.0 Å². The van der Waals surface area contributed by atoms with Crippen molar-refractivity contribution in [2.75, 3.05) is 23.7 Å². The van der Waals surface area contributed by atoms with E-state index in [1.165, 1.54) is 4.90 Å². The summed E-state index contributed by atoms with van der Waals surface area (Å²) in [5.41, 5.74) is 1.22. The molecule has 1 unspecified atom stereocenters. The van der Waals surface area contributed by atoms with Crippen molar-refractivity contribution in [2.45, 2.75) is 32.9 Å². The van der Waals surface area contributed by atoms with Crippen LogP contribution in [0.25, 0.3) is 0 Å². The molecule has 0 aromatic heterocycles. The summed E-state index contributed by atoms with van der Waals surface area (Å²) in [4.78, 5) is 27.4. The smallest absolute Gasteiger partial charge is 0.244 e. The maximum atomic E-state index is 13.4. The van der Waals surface area contributed by atoms with Crippen LogP contribution < -0.4 is 9.62 Å². The van der Waals surface area contributed by atoms with E-state index in [0.717, 1.165) is 30.6 Å². The summed E-state index contributed by atoms with van der Waals surface area (Å²) in [6.45, 7) is 3.86. The molecular weight excluding hydrogens is 609 g/mol. The van der Waals surface area contributed by atoms with Gasteiger partial charge in [-0.3, -0.25) is 13.9 Å². The third-order valence-electron chi connectivity index (χ3n) is 4.75. The summed E-state index contributed by atoms with van der Waals surface area (Å²) in [6, 6.07) is 13.5. The summed E-state index contributed by atoms with van der Waals surface area (Å²) in [6.07, 6.45) is 1.83. The van der Waals surface area contributed by atoms with Gasteiger partial charge in [0.05, 0.1) is 11.9 Å². The van der Waals surface area contributed by atoms with Gasteiger partial charge in [0.25, 0.3) is 0 Å². The maximum Gasteiger partial charge on any atom is 0.244 e. The van der Waals surface area contributed by atoms with E-state index in [9.17, 15) is 18.0 Å². The number of rotatable bonds is 10. The molecule has 0 radical (unpaired) electrons. The molecule has 0 aliphatic heterocycles. The number of carbonyl (C=O) groups excluding carboxylic acids is 2. The Bertz CT molecular complexity index is 1050. The molecule has 32 heavy (non-hydrogen) atoms. The maximum absolute atomic E-state index is 13.4. The Balaban J connectivity index is 2.35. The second-order valence-corrected chi connectivity index (χ2v) is 11.4. The summed E-state index contributed by atoms with van der Waals surface area (Å²) < 4.78 is 27.8. The molecule has 10 heteroatoms. The minimum absolute atomic E-state index is 0.170. The second kappa shape index (κ2) is 12.0. The van der Waals surface area contributed by atoms with E-state index >= 15 is 0 Å². The molecule has 2 aromatic carbocycles. The lowest BCUT2D eigenvalue weighted by Gasteiger charge is -2.31. The monoisotopic (exact) mass is 635 g/mol. The van der Waals surface area contributed by atoms with Crippen LogP contribution in [0.2, 0.25) is 0 Å². The molecule has 0 heterocycles. The molecule has 0 bridgehead atoms. The number of nitrogens with zero attached hydrogens (tertiary/aromatic N) is 2. The van der Waals surface area contributed by atoms with Crippen molar-refractivity contribution >= 4 is 66.0 Å². The molecule has 2 aromatic rings. The zero-order chi connectivity index (χ0) is 23.9. The predicted molar refractivity (Wildman–Crippen MR) is 139 cm³/mol. The number of carbonyl (C=O) groups is 2. The highest BCUT2D eigenvalue weighted by molar-refractivity contribution is 14.1. The van der Waals surface area contributed by atoms with Crippen molar-refractivity contribution in [3.05, 3.63) is 62.1 Å². The van der Waals surface area contributed by atoms with Crippen LogP contribution in [0, 0.1) is 3.57 Å². The number of amides is 2. The normalized spacial score (nSPS) is 12.2. The summed E-state index contributed by atoms with van der Waals surface area (Å²) in [7, 11) is -3.72. The molecule has 0 saturated carbocycles. The topological polar surface area (TPSA) is 86.8 Å². The van der Waals surface area contributed by atoms with Crippen molar-refractivity contribution in [3.63, 3.8) is 0 Å². The highest BCUT2D eigenvalue weighted by atomic mass is 127. The van der Waals surface area contributed by atoms with Crippen LogP contribution in [0.1, 0.15) is 25.8 Å². The fourth-order valence-corrected chi connectivity index (χ4v) is 4.69. The average Bonchev–Trinajstić information content (AvgIpc) is 2.73. The van der Waals surface area contributed by atoms with Crippen LogP contribution in [0.3, 0.4) is 0 Å².